The lowest BCUT2D eigenvalue weighted by Crippen LogP contribution is -2.19. The summed E-state index contributed by atoms with van der Waals surface area (Å²) >= 11 is 1.84. The van der Waals surface area contributed by atoms with Crippen molar-refractivity contribution >= 4 is 11.8 Å². The molecular formula is C17H23N3S. The van der Waals surface area contributed by atoms with Gasteiger partial charge in [0.25, 0.3) is 0 Å². The van der Waals surface area contributed by atoms with Crippen LogP contribution in [0.3, 0.4) is 0 Å². The van der Waals surface area contributed by atoms with Crippen LogP contribution in [0, 0.1) is 5.92 Å². The molecule has 0 atom stereocenters. The lowest BCUT2D eigenvalue weighted by Gasteiger charge is -2.07. The number of benzene rings is 1. The molecule has 1 heterocycles. The zero-order valence-corrected chi connectivity index (χ0v) is 13.8. The van der Waals surface area contributed by atoms with E-state index in [2.05, 4.69) is 60.3 Å². The monoisotopic (exact) mass is 301 g/mol. The molecule has 0 saturated heterocycles. The second-order valence-corrected chi connectivity index (χ2v) is 6.73. The number of hydrogen-bond donors (Lipinski definition) is 1. The fourth-order valence-corrected chi connectivity index (χ4v) is 2.63. The highest BCUT2D eigenvalue weighted by molar-refractivity contribution is 7.99. The Morgan fingerprint density at radius 2 is 1.76 bits per heavy atom. The zero-order chi connectivity index (χ0) is 15.1. The Hall–Kier alpha value is -1.39. The van der Waals surface area contributed by atoms with Crippen LogP contribution in [0.2, 0.25) is 0 Å². The molecule has 1 aromatic heterocycles. The molecule has 2 aromatic rings. The van der Waals surface area contributed by atoms with Crippen molar-refractivity contribution in [2.75, 3.05) is 12.3 Å². The molecule has 0 fully saturated rings. The Morgan fingerprint density at radius 1 is 1.10 bits per heavy atom. The fourth-order valence-electron chi connectivity index (χ4n) is 1.97. The molecule has 0 saturated carbocycles. The molecular weight excluding hydrogens is 278 g/mol. The Morgan fingerprint density at radius 3 is 2.33 bits per heavy atom. The van der Waals surface area contributed by atoms with Crippen LogP contribution < -0.4 is 5.32 Å². The van der Waals surface area contributed by atoms with E-state index in [4.69, 9.17) is 0 Å². The van der Waals surface area contributed by atoms with Gasteiger partial charge in [0.1, 0.15) is 0 Å². The summed E-state index contributed by atoms with van der Waals surface area (Å²) < 4.78 is 0. The van der Waals surface area contributed by atoms with Crippen molar-refractivity contribution in [2.24, 2.45) is 5.92 Å². The van der Waals surface area contributed by atoms with E-state index in [1.807, 2.05) is 24.2 Å². The first-order chi connectivity index (χ1) is 10.2. The summed E-state index contributed by atoms with van der Waals surface area (Å²) in [4.78, 5) is 10.2. The van der Waals surface area contributed by atoms with E-state index in [1.54, 1.807) is 0 Å². The largest absolute Gasteiger partial charge is 0.312 e. The van der Waals surface area contributed by atoms with Gasteiger partial charge in [0.2, 0.25) is 0 Å². The van der Waals surface area contributed by atoms with Gasteiger partial charge in [0, 0.05) is 35.0 Å². The molecule has 1 aromatic carbocycles. The van der Waals surface area contributed by atoms with Gasteiger partial charge in [-0.25, -0.2) is 9.97 Å². The first-order valence-corrected chi connectivity index (χ1v) is 8.42. The summed E-state index contributed by atoms with van der Waals surface area (Å²) in [5.74, 6) is 2.54. The van der Waals surface area contributed by atoms with E-state index in [9.17, 15) is 0 Å². The highest BCUT2D eigenvalue weighted by Gasteiger charge is 2.02. The third-order valence-electron chi connectivity index (χ3n) is 3.01. The number of hydrogen-bond acceptors (Lipinski definition) is 4. The van der Waals surface area contributed by atoms with E-state index >= 15 is 0 Å². The van der Waals surface area contributed by atoms with Crippen LogP contribution in [0.4, 0.5) is 0 Å². The predicted molar refractivity (Wildman–Crippen MR) is 90.4 cm³/mol. The molecule has 0 aliphatic rings. The van der Waals surface area contributed by atoms with Gasteiger partial charge in [0.15, 0.2) is 5.82 Å². The molecule has 4 heteroatoms. The van der Waals surface area contributed by atoms with Crippen molar-refractivity contribution in [3.05, 3.63) is 42.2 Å². The zero-order valence-electron chi connectivity index (χ0n) is 13.0. The normalized spacial score (nSPS) is 11.0. The average Bonchev–Trinajstić information content (AvgIpc) is 2.49. The van der Waals surface area contributed by atoms with Gasteiger partial charge in [-0.2, -0.15) is 0 Å². The number of nitrogens with one attached hydrogen (secondary N) is 1. The van der Waals surface area contributed by atoms with Crippen molar-refractivity contribution in [3.63, 3.8) is 0 Å². The van der Waals surface area contributed by atoms with Gasteiger partial charge in [0.05, 0.1) is 0 Å². The van der Waals surface area contributed by atoms with E-state index in [-0.39, 0.29) is 0 Å². The Kier molecular flexibility index (Phi) is 6.21. The molecule has 112 valence electrons. The summed E-state index contributed by atoms with van der Waals surface area (Å²) in [6, 6.07) is 8.43. The topological polar surface area (TPSA) is 37.8 Å². The van der Waals surface area contributed by atoms with E-state index in [0.717, 1.165) is 35.8 Å². The first-order valence-electron chi connectivity index (χ1n) is 7.44. The van der Waals surface area contributed by atoms with Crippen molar-refractivity contribution in [1.29, 1.82) is 0 Å². The minimum absolute atomic E-state index is 0.657. The van der Waals surface area contributed by atoms with Crippen molar-refractivity contribution in [1.82, 2.24) is 15.3 Å². The maximum absolute atomic E-state index is 4.46. The molecule has 0 aliphatic carbocycles. The minimum atomic E-state index is 0.657. The Labute approximate surface area is 131 Å². The average molecular weight is 301 g/mol. The molecule has 0 amide bonds. The lowest BCUT2D eigenvalue weighted by atomic mass is 10.2. The molecule has 1 N–H and O–H groups in total. The summed E-state index contributed by atoms with van der Waals surface area (Å²) in [7, 11) is 0. The van der Waals surface area contributed by atoms with Crippen LogP contribution in [0.5, 0.6) is 0 Å². The molecule has 0 spiro atoms. The van der Waals surface area contributed by atoms with Crippen molar-refractivity contribution in [2.45, 2.75) is 32.2 Å². The molecule has 0 bridgehead atoms. The first kappa shape index (κ1) is 16.0. The Bertz CT molecular complexity index is 535. The Balaban J connectivity index is 1.97. The van der Waals surface area contributed by atoms with Crippen LogP contribution in [0.1, 0.15) is 26.3 Å². The second-order valence-electron chi connectivity index (χ2n) is 5.40. The molecule has 2 rings (SSSR count). The van der Waals surface area contributed by atoms with Gasteiger partial charge in [-0.05, 0) is 30.3 Å². The predicted octanol–water partition coefficient (Wildman–Crippen LogP) is 4.00. The molecule has 21 heavy (non-hydrogen) atoms. The highest BCUT2D eigenvalue weighted by Crippen LogP contribution is 2.21. The number of rotatable bonds is 7. The van der Waals surface area contributed by atoms with Crippen LogP contribution >= 0.6 is 11.8 Å². The van der Waals surface area contributed by atoms with Crippen molar-refractivity contribution < 1.29 is 0 Å². The van der Waals surface area contributed by atoms with Gasteiger partial charge >= 0.3 is 0 Å². The maximum Gasteiger partial charge on any atom is 0.159 e. The fraction of sp³-hybridized carbons (Fsp3) is 0.412. The number of aromatic nitrogens is 2. The summed E-state index contributed by atoms with van der Waals surface area (Å²) in [5.41, 5.74) is 2.19. The van der Waals surface area contributed by atoms with E-state index in [1.165, 1.54) is 4.90 Å². The second kappa shape index (κ2) is 8.15. The van der Waals surface area contributed by atoms with Crippen LogP contribution in [0.25, 0.3) is 11.4 Å². The number of thioether (sulfide) groups is 1. The SMILES string of the molecule is CCSc1ccc(-c2ncc(CNCC(C)C)cn2)cc1. The quantitative estimate of drug-likeness (QED) is 0.784. The van der Waals surface area contributed by atoms with Gasteiger partial charge < -0.3 is 5.32 Å². The maximum atomic E-state index is 4.46. The van der Waals surface area contributed by atoms with Crippen LogP contribution in [-0.4, -0.2) is 22.3 Å². The minimum Gasteiger partial charge on any atom is -0.312 e. The lowest BCUT2D eigenvalue weighted by molar-refractivity contribution is 0.551. The molecule has 0 aliphatic heterocycles. The standard InChI is InChI=1S/C17H23N3S/c1-4-21-16-7-5-15(6-8-16)17-19-11-14(12-20-17)10-18-9-13(2)3/h5-8,11-13,18H,4,9-10H2,1-3H3. The molecule has 0 unspecified atom stereocenters. The van der Waals surface area contributed by atoms with Crippen LogP contribution in [0.15, 0.2) is 41.6 Å². The smallest absolute Gasteiger partial charge is 0.159 e. The van der Waals surface area contributed by atoms with Gasteiger partial charge in [-0.3, -0.25) is 0 Å². The molecule has 3 nitrogen and oxygen atoms in total. The number of nitrogens with zero attached hydrogens (tertiary/aromatic N) is 2. The van der Waals surface area contributed by atoms with Crippen molar-refractivity contribution in [3.8, 4) is 11.4 Å². The highest BCUT2D eigenvalue weighted by atomic mass is 32.2. The third kappa shape index (κ3) is 5.14. The summed E-state index contributed by atoms with van der Waals surface area (Å²) in [5, 5.41) is 3.40. The summed E-state index contributed by atoms with van der Waals surface area (Å²) in [6.45, 7) is 8.40. The van der Waals surface area contributed by atoms with Gasteiger partial charge in [-0.1, -0.05) is 32.9 Å². The molecule has 0 radical (unpaired) electrons. The third-order valence-corrected chi connectivity index (χ3v) is 3.90. The van der Waals surface area contributed by atoms with E-state index in [0.29, 0.717) is 5.92 Å². The van der Waals surface area contributed by atoms with Gasteiger partial charge in [-0.15, -0.1) is 11.8 Å². The van der Waals surface area contributed by atoms with E-state index < -0.39 is 0 Å². The summed E-state index contributed by atoms with van der Waals surface area (Å²) in [6.07, 6.45) is 3.81. The van der Waals surface area contributed by atoms with Crippen LogP contribution in [-0.2, 0) is 6.54 Å².